The number of terminal acetylenes is 2. The van der Waals surface area contributed by atoms with Gasteiger partial charge in [0.15, 0.2) is 57.7 Å². The number of nitrogens with zero attached hydrogens (tertiary/aromatic N) is 10. The molecule has 3 aliphatic carbocycles. The summed E-state index contributed by atoms with van der Waals surface area (Å²) in [6, 6.07) is 11.8. The van der Waals surface area contributed by atoms with Gasteiger partial charge >= 0.3 is 6.18 Å². The van der Waals surface area contributed by atoms with Gasteiger partial charge in [-0.05, 0) is 132 Å². The first-order valence-electron chi connectivity index (χ1n) is 33.3. The van der Waals surface area contributed by atoms with Crippen LogP contribution in [0.25, 0.3) is 0 Å². The number of hydrogen-bond acceptors (Lipinski definition) is 23. The third-order valence-electron chi connectivity index (χ3n) is 19.9. The second kappa shape index (κ2) is 31.0. The summed E-state index contributed by atoms with van der Waals surface area (Å²) in [7, 11) is 1.52. The largest absolute Gasteiger partial charge is 0.481 e. The fourth-order valence-corrected chi connectivity index (χ4v) is 18.6. The van der Waals surface area contributed by atoms with E-state index >= 15 is 4.39 Å². The molecule has 2 aromatic carbocycles. The van der Waals surface area contributed by atoms with Crippen molar-refractivity contribution in [2.75, 3.05) is 40.0 Å². The van der Waals surface area contributed by atoms with E-state index in [-0.39, 0.29) is 125 Å². The summed E-state index contributed by atoms with van der Waals surface area (Å²) in [6.45, 7) is 9.13. The number of aromatic nitrogens is 6. The number of methoxy groups -OCH3 is 1. The zero-order valence-corrected chi connectivity index (χ0v) is 59.9. The summed E-state index contributed by atoms with van der Waals surface area (Å²) in [5.74, 6) is 1.62. The smallest absolute Gasteiger partial charge is 0.422 e. The molecule has 4 fully saturated rings. The van der Waals surface area contributed by atoms with E-state index in [4.69, 9.17) is 49.3 Å². The maximum atomic E-state index is 15.2. The van der Waals surface area contributed by atoms with Crippen molar-refractivity contribution in [3.63, 3.8) is 0 Å². The summed E-state index contributed by atoms with van der Waals surface area (Å²) >= 11 is 4.07. The highest BCUT2D eigenvalue weighted by molar-refractivity contribution is 8.16. The Labute approximate surface area is 615 Å². The number of amides is 1. The van der Waals surface area contributed by atoms with Crippen molar-refractivity contribution in [3.05, 3.63) is 154 Å². The van der Waals surface area contributed by atoms with Crippen LogP contribution in [0.4, 0.5) is 30.7 Å². The first kappa shape index (κ1) is 78.3. The number of pyridine rings is 2. The van der Waals surface area contributed by atoms with Gasteiger partial charge in [-0.3, -0.25) is 34.2 Å². The van der Waals surface area contributed by atoms with E-state index < -0.39 is 68.3 Å². The first-order chi connectivity index (χ1) is 49.4. The number of aliphatic imine (C=N–C) groups is 3. The molecule has 3 saturated carbocycles. The summed E-state index contributed by atoms with van der Waals surface area (Å²) in [6.07, 6.45) is 18.0. The van der Waals surface area contributed by atoms with Crippen LogP contribution in [-0.4, -0.2) is 140 Å². The molecule has 8 heterocycles. The van der Waals surface area contributed by atoms with Gasteiger partial charge in [-0.2, -0.15) is 13.2 Å². The number of carbonyl (C=O) groups is 4. The molecule has 6 N–H and O–H groups in total. The number of ether oxygens (including phenoxy) is 4. The molecule has 31 heteroatoms. The zero-order chi connectivity index (χ0) is 74.9. The van der Waals surface area contributed by atoms with Gasteiger partial charge in [0, 0.05) is 77.7 Å². The molecule has 7 aliphatic rings. The van der Waals surface area contributed by atoms with Crippen LogP contribution in [0.3, 0.4) is 0 Å². The minimum absolute atomic E-state index is 0. The Bertz CT molecular complexity index is 4500. The van der Waals surface area contributed by atoms with E-state index in [2.05, 4.69) is 63.4 Å². The lowest BCUT2D eigenvalue weighted by atomic mass is 9.84. The summed E-state index contributed by atoms with van der Waals surface area (Å²) in [5, 5.41) is 0.933. The van der Waals surface area contributed by atoms with E-state index in [1.165, 1.54) is 85.3 Å². The highest BCUT2D eigenvalue weighted by atomic mass is 32.2. The predicted molar refractivity (Wildman–Crippen MR) is 386 cm³/mol. The molecule has 10 atom stereocenters. The quantitative estimate of drug-likeness (QED) is 0.0323. The minimum atomic E-state index is -4.53. The summed E-state index contributed by atoms with van der Waals surface area (Å²) in [4.78, 5) is 91.8. The lowest BCUT2D eigenvalue weighted by Gasteiger charge is -2.37. The maximum absolute atomic E-state index is 15.2. The van der Waals surface area contributed by atoms with Gasteiger partial charge in [-0.15, -0.1) is 12.8 Å². The summed E-state index contributed by atoms with van der Waals surface area (Å²) in [5.41, 5.74) is 18.3. The third kappa shape index (κ3) is 16.4. The number of amidine groups is 3. The van der Waals surface area contributed by atoms with Crippen molar-refractivity contribution in [2.24, 2.45) is 49.9 Å². The van der Waals surface area contributed by atoms with Crippen molar-refractivity contribution in [1.29, 1.82) is 0 Å². The van der Waals surface area contributed by atoms with Gasteiger partial charge in [0.25, 0.3) is 0 Å². The Kier molecular flexibility index (Phi) is 23.1. The number of Topliss-reactive ketones (excluding diaryl/α,β-unsaturated/α-hetero) is 3. The number of likely N-dealkylation sites (tertiary alicyclic amines) is 1. The Morgan fingerprint density at radius 3 is 1.77 bits per heavy atom. The number of rotatable bonds is 22. The topological polar surface area (TPSA) is 301 Å². The molecule has 0 spiro atoms. The van der Waals surface area contributed by atoms with Crippen LogP contribution in [0, 0.1) is 59.9 Å². The fraction of sp³-hybridized carbons (Fsp3) is 0.446. The monoisotopic (exact) mass is 1510 g/mol. The van der Waals surface area contributed by atoms with Crippen LogP contribution in [0.15, 0.2) is 101 Å². The lowest BCUT2D eigenvalue weighted by molar-refractivity contribution is -0.154. The molecule has 4 aliphatic heterocycles. The van der Waals surface area contributed by atoms with Gasteiger partial charge < -0.3 is 41.0 Å². The van der Waals surface area contributed by atoms with Gasteiger partial charge in [0.2, 0.25) is 23.5 Å². The third-order valence-corrected chi connectivity index (χ3v) is 24.1. The number of hydrogen-bond donors (Lipinski definition) is 3. The van der Waals surface area contributed by atoms with Gasteiger partial charge in [0.1, 0.15) is 46.2 Å². The summed E-state index contributed by atoms with van der Waals surface area (Å²) < 4.78 is 115. The number of benzene rings is 2. The fourth-order valence-electron chi connectivity index (χ4n) is 14.3. The molecule has 554 valence electrons. The molecule has 6 aromatic rings. The lowest BCUT2D eigenvalue weighted by Crippen LogP contribution is -2.47. The van der Waals surface area contributed by atoms with Crippen LogP contribution in [0.2, 0.25) is 0 Å². The number of halogens is 7. The molecule has 105 heavy (non-hydrogen) atoms. The average molecular weight is 1510 g/mol. The van der Waals surface area contributed by atoms with E-state index in [1.807, 2.05) is 17.9 Å². The standard InChI is InChI=1S/C26H27F4N5O3S.C24H23F2N3O2S.C23H24FN5O3S.CH4/c1-24(20-11-25(20,39-23(31)34-24)22(37)35-7-3-2-4-8-35)16-9-15(5-6-17(16)27)10-19(36)18-12-33-21(13-32-18)38-14-26(28,29)30;1-4-8-31-15-6-7-18(28-13-15)19(30)11-14-9-16(21(26)17(25)10-14)23(3)20-12-24(20,5-2)32-22(27)29-23;1-5-6-32-19-12-26-16(11-27-19)17(30)8-14-7-15(20(31-4)28-10-14)22(3)18-9-23(18,13(2)24)33-21(25)29-22;/h5-6,9,12-13,20H,2-4,7-8,10-11,14H2,1H3,(H2,31,34);1,6-7,9-10,13,20H,5,8,11-12H2,2-3H3,(H2,27,29);1,7,10-13,18H,6,8-9H2,2-4H3,(H2,25,29);1H4/t20-,24+,25-;20-,23+,24-;13?,18-,22+,23+;/m000./s1. The van der Waals surface area contributed by atoms with Crippen molar-refractivity contribution >= 4 is 74.0 Å². The number of fused-ring (bicyclic) bond motifs is 3. The molecule has 1 unspecified atom stereocenters. The molecule has 13 rings (SSSR count). The van der Waals surface area contributed by atoms with Crippen LogP contribution in [0.1, 0.15) is 152 Å². The molecule has 1 saturated heterocycles. The van der Waals surface area contributed by atoms with Crippen LogP contribution >= 0.6 is 35.3 Å². The Hall–Kier alpha value is -9.33. The van der Waals surface area contributed by atoms with E-state index in [0.29, 0.717) is 70.1 Å². The number of nitrogens with two attached hydrogens (primary N) is 3. The number of carbonyl (C=O) groups excluding carboxylic acids is 4. The Morgan fingerprint density at radius 2 is 1.18 bits per heavy atom. The van der Waals surface area contributed by atoms with E-state index in [0.717, 1.165) is 50.6 Å². The number of piperidine rings is 1. The molecule has 21 nitrogen and oxygen atoms in total. The molecular formula is C74H78F7N13O8S3. The number of ketones is 3. The van der Waals surface area contributed by atoms with Crippen LogP contribution in [0.5, 0.6) is 23.4 Å². The highest BCUT2D eigenvalue weighted by Gasteiger charge is 2.72. The zero-order valence-electron chi connectivity index (χ0n) is 57.5. The molecule has 0 bridgehead atoms. The maximum Gasteiger partial charge on any atom is 0.422 e. The van der Waals surface area contributed by atoms with Crippen molar-refractivity contribution in [3.8, 4) is 48.1 Å². The second-order valence-corrected chi connectivity index (χ2v) is 31.0. The second-order valence-electron chi connectivity index (χ2n) is 26.8. The molecule has 4 aromatic heterocycles. The van der Waals surface area contributed by atoms with E-state index in [1.54, 1.807) is 39.1 Å². The van der Waals surface area contributed by atoms with Gasteiger partial charge in [-0.25, -0.2) is 47.5 Å². The highest BCUT2D eigenvalue weighted by Crippen LogP contribution is 2.70. The molecular weight excluding hydrogens is 1430 g/mol. The van der Waals surface area contributed by atoms with Gasteiger partial charge in [-0.1, -0.05) is 67.5 Å². The average Bonchev–Trinajstić information content (AvgIpc) is 1.54. The van der Waals surface area contributed by atoms with E-state index in [9.17, 15) is 45.5 Å². The normalized spacial score (nSPS) is 26.0. The van der Waals surface area contributed by atoms with Crippen molar-refractivity contribution < 1.29 is 68.9 Å². The predicted octanol–water partition coefficient (Wildman–Crippen LogP) is 11.6. The van der Waals surface area contributed by atoms with Crippen molar-refractivity contribution in [1.82, 2.24) is 34.8 Å². The SMILES string of the molecule is C.C#CCOc1ccc(C(=O)Cc2cc(F)c(F)c([C@@]3(C)N=C(N)S[C@@]4(CC)C[C@H]43)c2)nc1.C#CCOc1cnc(C(=O)Cc2cnc(OC)c([C@@]3(C)N=C(N)S[C@@]4(C(C)F)C[C@@H]34)c2)cn1.C[C@]1(c2cc(CC(=O)c3cnc(OCC(F)(F)F)cn3)ccc2F)N=C(N)S[C@@]2(C(=O)N3CCCCC3)C[C@H]21. The van der Waals surface area contributed by atoms with Crippen LogP contribution < -0.4 is 36.1 Å². The minimum Gasteiger partial charge on any atom is -0.481 e. The Balaban J connectivity index is 0.000000169. The van der Waals surface area contributed by atoms with Crippen molar-refractivity contribution in [2.45, 2.75) is 149 Å². The Morgan fingerprint density at radius 1 is 0.619 bits per heavy atom. The molecule has 1 amide bonds. The van der Waals surface area contributed by atoms with Gasteiger partial charge in [0.05, 0.1) is 59.5 Å². The number of alkyl halides is 4. The first-order valence-corrected chi connectivity index (χ1v) is 35.7. The molecule has 0 radical (unpaired) electrons. The van der Waals surface area contributed by atoms with Crippen LogP contribution in [-0.2, 0) is 40.7 Å². The number of thioether (sulfide) groups is 3.